The molecule has 0 N–H and O–H groups in total. The standard InChI is InChI=1S/C33H30BrClN2O5S/c1-5-40-32(39)29-20(4)36-33-37(30(29)22-11-13-24(14-12-22)42-19(2)3)31(38)28(43-33)17-21-10-15-27(25(34)16-21)41-18-23-8-6-7-9-26(23)35/h6-17,19,30H,5,18H2,1-4H3/b28-17-/t30-/m0/s1. The number of esters is 1. The second kappa shape index (κ2) is 13.3. The van der Waals surface area contributed by atoms with E-state index in [-0.39, 0.29) is 18.3 Å². The predicted octanol–water partition coefficient (Wildman–Crippen LogP) is 6.58. The van der Waals surface area contributed by atoms with Gasteiger partial charge in [0.1, 0.15) is 18.1 Å². The van der Waals surface area contributed by atoms with E-state index in [1.165, 1.54) is 11.3 Å². The van der Waals surface area contributed by atoms with Gasteiger partial charge in [0.15, 0.2) is 4.80 Å². The van der Waals surface area contributed by atoms with Gasteiger partial charge in [-0.25, -0.2) is 9.79 Å². The summed E-state index contributed by atoms with van der Waals surface area (Å²) >= 11 is 11.1. The first kappa shape index (κ1) is 30.8. The number of hydrogen-bond donors (Lipinski definition) is 0. The minimum atomic E-state index is -0.696. The third-order valence-electron chi connectivity index (χ3n) is 6.68. The second-order valence-corrected chi connectivity index (χ2v) is 12.4. The summed E-state index contributed by atoms with van der Waals surface area (Å²) in [5.41, 5.74) is 3.04. The maximum absolute atomic E-state index is 13.9. The smallest absolute Gasteiger partial charge is 0.338 e. The van der Waals surface area contributed by atoms with Crippen molar-refractivity contribution in [1.29, 1.82) is 0 Å². The van der Waals surface area contributed by atoms with Gasteiger partial charge in [-0.3, -0.25) is 9.36 Å². The van der Waals surface area contributed by atoms with E-state index in [0.717, 1.165) is 21.2 Å². The Bertz CT molecular complexity index is 1880. The van der Waals surface area contributed by atoms with E-state index in [1.54, 1.807) is 18.4 Å². The van der Waals surface area contributed by atoms with Crippen LogP contribution in [0.25, 0.3) is 6.08 Å². The summed E-state index contributed by atoms with van der Waals surface area (Å²) in [6.07, 6.45) is 1.83. The van der Waals surface area contributed by atoms with Gasteiger partial charge in [-0.05, 0) is 91.2 Å². The number of hydrogen-bond acceptors (Lipinski definition) is 7. The highest BCUT2D eigenvalue weighted by molar-refractivity contribution is 9.10. The van der Waals surface area contributed by atoms with Crippen molar-refractivity contribution in [3.63, 3.8) is 0 Å². The maximum atomic E-state index is 13.9. The van der Waals surface area contributed by atoms with Gasteiger partial charge < -0.3 is 14.2 Å². The van der Waals surface area contributed by atoms with Gasteiger partial charge >= 0.3 is 5.97 Å². The molecule has 0 bridgehead atoms. The number of carbonyl (C=O) groups excluding carboxylic acids is 1. The largest absolute Gasteiger partial charge is 0.491 e. The molecule has 1 aliphatic heterocycles. The number of ether oxygens (including phenoxy) is 3. The summed E-state index contributed by atoms with van der Waals surface area (Å²) in [5.74, 6) is 0.856. The minimum absolute atomic E-state index is 0.0174. The van der Waals surface area contributed by atoms with Crippen molar-refractivity contribution in [1.82, 2.24) is 4.57 Å². The predicted molar refractivity (Wildman–Crippen MR) is 173 cm³/mol. The molecule has 0 amide bonds. The SMILES string of the molecule is CCOC(=O)C1=C(C)N=c2s/c(=C\c3ccc(OCc4ccccc4Cl)c(Br)c3)c(=O)n2[C@H]1c1ccc(OC(C)C)cc1. The van der Waals surface area contributed by atoms with Crippen LogP contribution in [0.5, 0.6) is 11.5 Å². The van der Waals surface area contributed by atoms with Gasteiger partial charge in [0, 0.05) is 10.6 Å². The Morgan fingerprint density at radius 3 is 2.56 bits per heavy atom. The highest BCUT2D eigenvalue weighted by Gasteiger charge is 2.33. The van der Waals surface area contributed by atoms with E-state index in [1.807, 2.05) is 86.7 Å². The fourth-order valence-corrected chi connectivity index (χ4v) is 6.50. The number of nitrogens with zero attached hydrogens (tertiary/aromatic N) is 2. The van der Waals surface area contributed by atoms with E-state index in [4.69, 9.17) is 25.8 Å². The number of benzene rings is 3. The van der Waals surface area contributed by atoms with Crippen molar-refractivity contribution in [3.05, 3.63) is 124 Å². The maximum Gasteiger partial charge on any atom is 0.338 e. The quantitative estimate of drug-likeness (QED) is 0.187. The molecule has 0 saturated heterocycles. The molecule has 10 heteroatoms. The average Bonchev–Trinajstić information content (AvgIpc) is 3.26. The summed E-state index contributed by atoms with van der Waals surface area (Å²) in [7, 11) is 0. The van der Waals surface area contributed by atoms with Crippen LogP contribution < -0.4 is 24.4 Å². The molecule has 0 spiro atoms. The van der Waals surface area contributed by atoms with Gasteiger partial charge in [-0.2, -0.15) is 0 Å². The summed E-state index contributed by atoms with van der Waals surface area (Å²) in [6.45, 7) is 7.96. The molecule has 0 fully saturated rings. The third kappa shape index (κ3) is 6.79. The van der Waals surface area contributed by atoms with Crippen LogP contribution in [-0.2, 0) is 16.1 Å². The van der Waals surface area contributed by atoms with Crippen LogP contribution in [-0.4, -0.2) is 23.2 Å². The summed E-state index contributed by atoms with van der Waals surface area (Å²) in [5, 5.41) is 0.644. The molecule has 222 valence electrons. The molecule has 2 heterocycles. The Labute approximate surface area is 266 Å². The highest BCUT2D eigenvalue weighted by Crippen LogP contribution is 2.32. The Balaban J connectivity index is 1.52. The Morgan fingerprint density at radius 1 is 1.14 bits per heavy atom. The number of halogens is 2. The third-order valence-corrected chi connectivity index (χ3v) is 8.65. The first-order chi connectivity index (χ1) is 20.7. The first-order valence-corrected chi connectivity index (χ1v) is 15.8. The lowest BCUT2D eigenvalue weighted by Crippen LogP contribution is -2.39. The number of thiazole rings is 1. The zero-order chi connectivity index (χ0) is 30.7. The highest BCUT2D eigenvalue weighted by atomic mass is 79.9. The number of carbonyl (C=O) groups is 1. The van der Waals surface area contributed by atoms with Crippen LogP contribution in [0, 0.1) is 0 Å². The van der Waals surface area contributed by atoms with Crippen molar-refractivity contribution in [2.45, 2.75) is 46.4 Å². The Hall–Kier alpha value is -3.66. The molecule has 1 aromatic heterocycles. The van der Waals surface area contributed by atoms with Crippen molar-refractivity contribution >= 4 is 50.9 Å². The van der Waals surface area contributed by atoms with E-state index in [0.29, 0.717) is 43.7 Å². The number of allylic oxidation sites excluding steroid dienone is 1. The van der Waals surface area contributed by atoms with E-state index in [9.17, 15) is 9.59 Å². The van der Waals surface area contributed by atoms with Crippen molar-refractivity contribution in [3.8, 4) is 11.5 Å². The normalized spacial score (nSPS) is 14.9. The lowest BCUT2D eigenvalue weighted by atomic mass is 9.96. The summed E-state index contributed by atoms with van der Waals surface area (Å²) < 4.78 is 20.0. The molecule has 3 aromatic carbocycles. The van der Waals surface area contributed by atoms with E-state index < -0.39 is 12.0 Å². The minimum Gasteiger partial charge on any atom is -0.491 e. The molecular weight excluding hydrogens is 652 g/mol. The zero-order valence-corrected chi connectivity index (χ0v) is 27.3. The average molecular weight is 682 g/mol. The molecule has 1 aliphatic rings. The molecule has 7 nitrogen and oxygen atoms in total. The van der Waals surface area contributed by atoms with E-state index >= 15 is 0 Å². The molecular formula is C33H30BrClN2O5S. The van der Waals surface area contributed by atoms with Gasteiger partial charge in [0.2, 0.25) is 0 Å². The summed E-state index contributed by atoms with van der Waals surface area (Å²) in [4.78, 5) is 32.2. The molecule has 1 atom stereocenters. The molecule has 0 radical (unpaired) electrons. The van der Waals surface area contributed by atoms with Crippen LogP contribution in [0.4, 0.5) is 0 Å². The molecule has 4 aromatic rings. The monoisotopic (exact) mass is 680 g/mol. The fourth-order valence-electron chi connectivity index (χ4n) is 4.75. The molecule has 0 aliphatic carbocycles. The van der Waals surface area contributed by atoms with Crippen molar-refractivity contribution in [2.75, 3.05) is 6.61 Å². The molecule has 5 rings (SSSR count). The number of aromatic nitrogens is 1. The van der Waals surface area contributed by atoms with Crippen LogP contribution in [0.2, 0.25) is 5.02 Å². The lowest BCUT2D eigenvalue weighted by molar-refractivity contribution is -0.139. The topological polar surface area (TPSA) is 79.1 Å². The van der Waals surface area contributed by atoms with Crippen LogP contribution in [0.3, 0.4) is 0 Å². The molecule has 0 saturated carbocycles. The fraction of sp³-hybridized carbons (Fsp3) is 0.242. The Kier molecular flexibility index (Phi) is 9.54. The lowest BCUT2D eigenvalue weighted by Gasteiger charge is -2.25. The van der Waals surface area contributed by atoms with Gasteiger partial charge in [-0.1, -0.05) is 59.3 Å². The number of rotatable bonds is 9. The Morgan fingerprint density at radius 2 is 1.88 bits per heavy atom. The number of fused-ring (bicyclic) bond motifs is 1. The van der Waals surface area contributed by atoms with Crippen LogP contribution >= 0.6 is 38.9 Å². The molecule has 0 unspecified atom stereocenters. The van der Waals surface area contributed by atoms with Gasteiger partial charge in [0.25, 0.3) is 5.56 Å². The van der Waals surface area contributed by atoms with Gasteiger partial charge in [0.05, 0.1) is 39.0 Å². The van der Waals surface area contributed by atoms with Crippen LogP contribution in [0.15, 0.2) is 92.3 Å². The zero-order valence-electron chi connectivity index (χ0n) is 24.1. The molecule has 43 heavy (non-hydrogen) atoms. The van der Waals surface area contributed by atoms with Crippen LogP contribution in [0.1, 0.15) is 50.4 Å². The van der Waals surface area contributed by atoms with Crippen molar-refractivity contribution in [2.24, 2.45) is 4.99 Å². The van der Waals surface area contributed by atoms with E-state index in [2.05, 4.69) is 20.9 Å². The summed E-state index contributed by atoms with van der Waals surface area (Å²) in [6, 6.07) is 19.9. The first-order valence-electron chi connectivity index (χ1n) is 13.8. The van der Waals surface area contributed by atoms with Crippen molar-refractivity contribution < 1.29 is 19.0 Å². The van der Waals surface area contributed by atoms with Gasteiger partial charge in [-0.15, -0.1) is 0 Å². The second-order valence-electron chi connectivity index (χ2n) is 10.1.